The van der Waals surface area contributed by atoms with Gasteiger partial charge in [-0.25, -0.2) is 0 Å². The van der Waals surface area contributed by atoms with Gasteiger partial charge >= 0.3 is 0 Å². The van der Waals surface area contributed by atoms with Crippen molar-refractivity contribution in [2.24, 2.45) is 0 Å². The van der Waals surface area contributed by atoms with Gasteiger partial charge in [-0.05, 0) is 55.3 Å². The maximum absolute atomic E-state index is 12.8. The van der Waals surface area contributed by atoms with Crippen molar-refractivity contribution < 1.29 is 4.79 Å². The molecule has 2 heterocycles. The van der Waals surface area contributed by atoms with E-state index in [0.717, 1.165) is 19.4 Å². The van der Waals surface area contributed by atoms with E-state index in [4.69, 9.17) is 0 Å². The number of fused-ring (bicyclic) bond motifs is 1. The zero-order chi connectivity index (χ0) is 16.4. The van der Waals surface area contributed by atoms with E-state index in [1.807, 2.05) is 11.3 Å². The molecule has 0 saturated carbocycles. The third-order valence-corrected chi connectivity index (χ3v) is 6.64. The van der Waals surface area contributed by atoms with Crippen molar-refractivity contribution in [1.82, 2.24) is 4.90 Å². The van der Waals surface area contributed by atoms with Crippen LogP contribution in [0.3, 0.4) is 0 Å². The van der Waals surface area contributed by atoms with Crippen LogP contribution >= 0.6 is 23.1 Å². The van der Waals surface area contributed by atoms with Crippen LogP contribution in [0.1, 0.15) is 41.0 Å². The van der Waals surface area contributed by atoms with Gasteiger partial charge in [0.05, 0.1) is 11.8 Å². The number of thiophene rings is 1. The number of amides is 1. The van der Waals surface area contributed by atoms with Gasteiger partial charge in [-0.1, -0.05) is 24.6 Å². The highest BCUT2D eigenvalue weighted by Crippen LogP contribution is 2.36. The van der Waals surface area contributed by atoms with Crippen molar-refractivity contribution in [2.75, 3.05) is 12.3 Å². The largest absolute Gasteiger partial charge is 0.335 e. The summed E-state index contributed by atoms with van der Waals surface area (Å²) in [4.78, 5) is 17.6. The molecule has 0 radical (unpaired) electrons. The topological polar surface area (TPSA) is 20.3 Å². The Labute approximate surface area is 146 Å². The SMILES string of the molecule is CCC1c2ccsc2CCN1C(=O)CSc1cc(C)ccc1C. The number of benzene rings is 1. The summed E-state index contributed by atoms with van der Waals surface area (Å²) in [6.45, 7) is 7.24. The van der Waals surface area contributed by atoms with Crippen LogP contribution in [0.15, 0.2) is 34.5 Å². The molecular formula is C19H23NOS2. The third kappa shape index (κ3) is 3.48. The van der Waals surface area contributed by atoms with Crippen molar-refractivity contribution in [2.45, 2.75) is 44.6 Å². The van der Waals surface area contributed by atoms with E-state index in [-0.39, 0.29) is 11.9 Å². The van der Waals surface area contributed by atoms with Crippen molar-refractivity contribution >= 4 is 29.0 Å². The van der Waals surface area contributed by atoms with Crippen LogP contribution in [0.25, 0.3) is 0 Å². The van der Waals surface area contributed by atoms with Crippen molar-refractivity contribution in [1.29, 1.82) is 0 Å². The standard InChI is InChI=1S/C19H23NOS2/c1-4-16-15-8-10-22-17(15)7-9-20(16)19(21)12-23-18-11-13(2)5-6-14(18)3/h5-6,8,10-11,16H,4,7,9,12H2,1-3H3. The zero-order valence-corrected chi connectivity index (χ0v) is 15.6. The molecule has 1 amide bonds. The van der Waals surface area contributed by atoms with Gasteiger partial charge in [0.15, 0.2) is 0 Å². The molecule has 1 unspecified atom stereocenters. The van der Waals surface area contributed by atoms with E-state index in [1.165, 1.54) is 26.5 Å². The number of carbonyl (C=O) groups is 1. The molecule has 1 atom stereocenters. The summed E-state index contributed by atoms with van der Waals surface area (Å²) in [5.41, 5.74) is 3.87. The fourth-order valence-corrected chi connectivity index (χ4v) is 5.16. The number of nitrogens with zero attached hydrogens (tertiary/aromatic N) is 1. The lowest BCUT2D eigenvalue weighted by atomic mass is 9.98. The number of carbonyl (C=O) groups excluding carboxylic acids is 1. The fraction of sp³-hybridized carbons (Fsp3) is 0.421. The quantitative estimate of drug-likeness (QED) is 0.727. The van der Waals surface area contributed by atoms with Gasteiger partial charge < -0.3 is 4.90 Å². The molecule has 3 rings (SSSR count). The average molecular weight is 346 g/mol. The highest BCUT2D eigenvalue weighted by Gasteiger charge is 2.30. The Morgan fingerprint density at radius 2 is 2.17 bits per heavy atom. The minimum Gasteiger partial charge on any atom is -0.335 e. The predicted octanol–water partition coefficient (Wildman–Crippen LogP) is 4.99. The Bertz CT molecular complexity index is 707. The number of aryl methyl sites for hydroxylation is 2. The first-order valence-electron chi connectivity index (χ1n) is 8.16. The molecule has 2 aromatic rings. The van der Waals surface area contributed by atoms with E-state index in [9.17, 15) is 4.79 Å². The second-order valence-corrected chi connectivity index (χ2v) is 8.14. The molecule has 0 aliphatic carbocycles. The molecule has 1 aromatic carbocycles. The molecule has 1 aliphatic rings. The van der Waals surface area contributed by atoms with Gasteiger partial charge in [0, 0.05) is 16.3 Å². The summed E-state index contributed by atoms with van der Waals surface area (Å²) < 4.78 is 0. The Morgan fingerprint density at radius 3 is 2.96 bits per heavy atom. The fourth-order valence-electron chi connectivity index (χ4n) is 3.22. The lowest BCUT2D eigenvalue weighted by molar-refractivity contribution is -0.131. The van der Waals surface area contributed by atoms with Crippen LogP contribution in [-0.2, 0) is 11.2 Å². The molecule has 1 aromatic heterocycles. The van der Waals surface area contributed by atoms with Crippen LogP contribution in [-0.4, -0.2) is 23.1 Å². The highest BCUT2D eigenvalue weighted by atomic mass is 32.2. The lowest BCUT2D eigenvalue weighted by Crippen LogP contribution is -2.40. The van der Waals surface area contributed by atoms with Gasteiger partial charge in [0.2, 0.25) is 5.91 Å². The zero-order valence-electron chi connectivity index (χ0n) is 14.0. The Kier molecular flexibility index (Phi) is 5.12. The molecule has 122 valence electrons. The first-order valence-corrected chi connectivity index (χ1v) is 10.0. The van der Waals surface area contributed by atoms with Gasteiger partial charge in [-0.3, -0.25) is 4.79 Å². The van der Waals surface area contributed by atoms with Crippen LogP contribution < -0.4 is 0 Å². The molecule has 0 saturated heterocycles. The van der Waals surface area contributed by atoms with E-state index >= 15 is 0 Å². The van der Waals surface area contributed by atoms with E-state index in [0.29, 0.717) is 5.75 Å². The summed E-state index contributed by atoms with van der Waals surface area (Å²) in [6.07, 6.45) is 1.99. The molecule has 4 heteroatoms. The minimum absolute atomic E-state index is 0.261. The summed E-state index contributed by atoms with van der Waals surface area (Å²) in [5, 5.41) is 2.16. The smallest absolute Gasteiger partial charge is 0.233 e. The van der Waals surface area contributed by atoms with E-state index in [2.05, 4.69) is 55.3 Å². The number of hydrogen-bond donors (Lipinski definition) is 0. The Morgan fingerprint density at radius 1 is 1.35 bits per heavy atom. The average Bonchev–Trinajstić information content (AvgIpc) is 3.03. The summed E-state index contributed by atoms with van der Waals surface area (Å²) in [6, 6.07) is 8.90. The molecule has 0 fully saturated rings. The molecule has 0 bridgehead atoms. The van der Waals surface area contributed by atoms with Gasteiger partial charge in [-0.15, -0.1) is 23.1 Å². The molecule has 23 heavy (non-hydrogen) atoms. The summed E-state index contributed by atoms with van der Waals surface area (Å²) >= 11 is 3.50. The molecule has 0 spiro atoms. The van der Waals surface area contributed by atoms with E-state index < -0.39 is 0 Å². The summed E-state index contributed by atoms with van der Waals surface area (Å²) in [7, 11) is 0. The van der Waals surface area contributed by atoms with Gasteiger partial charge in [-0.2, -0.15) is 0 Å². The van der Waals surface area contributed by atoms with Crippen molar-refractivity contribution in [3.8, 4) is 0 Å². The van der Waals surface area contributed by atoms with Crippen molar-refractivity contribution in [3.05, 3.63) is 51.2 Å². The number of hydrogen-bond acceptors (Lipinski definition) is 3. The molecule has 1 aliphatic heterocycles. The number of thioether (sulfide) groups is 1. The highest BCUT2D eigenvalue weighted by molar-refractivity contribution is 8.00. The summed E-state index contributed by atoms with van der Waals surface area (Å²) in [5.74, 6) is 0.792. The van der Waals surface area contributed by atoms with Gasteiger partial charge in [0.25, 0.3) is 0 Å². The van der Waals surface area contributed by atoms with Gasteiger partial charge in [0.1, 0.15) is 0 Å². The second kappa shape index (κ2) is 7.10. The first-order chi connectivity index (χ1) is 11.1. The first kappa shape index (κ1) is 16.6. The van der Waals surface area contributed by atoms with Crippen LogP contribution in [0.4, 0.5) is 0 Å². The second-order valence-electron chi connectivity index (χ2n) is 6.12. The molecule has 2 nitrogen and oxygen atoms in total. The maximum Gasteiger partial charge on any atom is 0.233 e. The van der Waals surface area contributed by atoms with Crippen LogP contribution in [0.5, 0.6) is 0 Å². The van der Waals surface area contributed by atoms with Crippen LogP contribution in [0.2, 0.25) is 0 Å². The van der Waals surface area contributed by atoms with Crippen LogP contribution in [0, 0.1) is 13.8 Å². The molecular weight excluding hydrogens is 322 g/mol. The maximum atomic E-state index is 12.8. The Hall–Kier alpha value is -1.26. The predicted molar refractivity (Wildman–Crippen MR) is 99.4 cm³/mol. The monoisotopic (exact) mass is 345 g/mol. The third-order valence-electron chi connectivity index (χ3n) is 4.50. The Balaban J connectivity index is 1.70. The lowest BCUT2D eigenvalue weighted by Gasteiger charge is -2.35. The molecule has 0 N–H and O–H groups in total. The van der Waals surface area contributed by atoms with E-state index in [1.54, 1.807) is 11.8 Å². The normalized spacial score (nSPS) is 17.2. The minimum atomic E-state index is 0.261. The van der Waals surface area contributed by atoms with Crippen molar-refractivity contribution in [3.63, 3.8) is 0 Å². The number of rotatable bonds is 4.